The predicted octanol–water partition coefficient (Wildman–Crippen LogP) is 2.24. The van der Waals surface area contributed by atoms with Gasteiger partial charge in [-0.2, -0.15) is 0 Å². The van der Waals surface area contributed by atoms with Gasteiger partial charge in [-0.3, -0.25) is 14.4 Å². The highest BCUT2D eigenvalue weighted by Crippen LogP contribution is 2.19. The van der Waals surface area contributed by atoms with E-state index in [9.17, 15) is 18.0 Å². The summed E-state index contributed by atoms with van der Waals surface area (Å²) in [7, 11) is -1.17. The summed E-state index contributed by atoms with van der Waals surface area (Å²) in [5.41, 5.74) is 1.91. The van der Waals surface area contributed by atoms with E-state index in [0.29, 0.717) is 24.2 Å². The fourth-order valence-electron chi connectivity index (χ4n) is 3.01. The molecule has 1 fully saturated rings. The molecule has 154 valence electrons. The first-order chi connectivity index (χ1) is 13.8. The number of amides is 2. The fourth-order valence-corrected chi connectivity index (χ4v) is 3.99. The first-order valence-corrected chi connectivity index (χ1v) is 10.6. The number of carbonyl (C=O) groups excluding carboxylic acids is 2. The number of hydrogen-bond donors (Lipinski definition) is 1. The number of carbonyl (C=O) groups is 2. The molecule has 0 unspecified atom stereocenters. The summed E-state index contributed by atoms with van der Waals surface area (Å²) in [5, 5.41) is 2.74. The van der Waals surface area contributed by atoms with E-state index < -0.39 is 10.0 Å². The van der Waals surface area contributed by atoms with E-state index in [-0.39, 0.29) is 16.7 Å². The van der Waals surface area contributed by atoms with Crippen molar-refractivity contribution < 1.29 is 22.8 Å². The van der Waals surface area contributed by atoms with Crippen LogP contribution in [0.5, 0.6) is 0 Å². The summed E-state index contributed by atoms with van der Waals surface area (Å²) in [6.07, 6.45) is 1.49. The quantitative estimate of drug-likeness (QED) is 0.697. The highest BCUT2D eigenvalue weighted by atomic mass is 32.2. The van der Waals surface area contributed by atoms with E-state index in [1.165, 1.54) is 38.4 Å². The highest BCUT2D eigenvalue weighted by Gasteiger charge is 2.21. The number of hydrogen-bond acceptors (Lipinski definition) is 5. The predicted molar refractivity (Wildman–Crippen MR) is 107 cm³/mol. The average Bonchev–Trinajstić information content (AvgIpc) is 3.12. The zero-order valence-electron chi connectivity index (χ0n) is 16.3. The topological polar surface area (TPSA) is 96.0 Å². The summed E-state index contributed by atoms with van der Waals surface area (Å²) < 4.78 is 25.1. The molecular weight excluding hydrogens is 394 g/mol. The minimum Gasteiger partial charge on any atom is -0.338 e. The Labute approximate surface area is 170 Å². The number of sulfonamides is 1. The molecule has 0 saturated carbocycles. The molecule has 3 rings (SSSR count). The van der Waals surface area contributed by atoms with E-state index in [1.54, 1.807) is 12.1 Å². The minimum atomic E-state index is -3.73. The van der Waals surface area contributed by atoms with Gasteiger partial charge in [0.1, 0.15) is 0 Å². The molecule has 1 saturated heterocycles. The van der Waals surface area contributed by atoms with Gasteiger partial charge in [0.2, 0.25) is 5.91 Å². The van der Waals surface area contributed by atoms with Gasteiger partial charge < -0.3 is 10.2 Å². The van der Waals surface area contributed by atoms with Gasteiger partial charge in [0.05, 0.1) is 12.0 Å². The standard InChI is InChI=1S/C20H23N3O5S/c1-22(28-2)29(26,27)18-11-9-17(10-12-18)21-20(25)16-7-5-15(6-8-16)14-23-13-3-4-19(23)24/h5-12H,3-4,13-14H2,1-2H3,(H,21,25). The Morgan fingerprint density at radius 2 is 1.79 bits per heavy atom. The lowest BCUT2D eigenvalue weighted by Crippen LogP contribution is -2.25. The molecule has 2 amide bonds. The van der Waals surface area contributed by atoms with Crippen molar-refractivity contribution >= 4 is 27.5 Å². The molecular formula is C20H23N3O5S. The summed E-state index contributed by atoms with van der Waals surface area (Å²) in [6.45, 7) is 1.32. The van der Waals surface area contributed by atoms with Crippen LogP contribution in [0.4, 0.5) is 5.69 Å². The number of hydroxylamine groups is 1. The van der Waals surface area contributed by atoms with Crippen LogP contribution >= 0.6 is 0 Å². The normalized spacial score (nSPS) is 14.4. The number of anilines is 1. The van der Waals surface area contributed by atoms with Crippen molar-refractivity contribution in [1.29, 1.82) is 0 Å². The number of rotatable bonds is 7. The lowest BCUT2D eigenvalue weighted by Gasteiger charge is -2.15. The molecule has 1 heterocycles. The molecule has 2 aromatic rings. The van der Waals surface area contributed by atoms with Gasteiger partial charge in [-0.1, -0.05) is 16.6 Å². The molecule has 2 aromatic carbocycles. The molecule has 0 radical (unpaired) electrons. The summed E-state index contributed by atoms with van der Waals surface area (Å²) >= 11 is 0. The minimum absolute atomic E-state index is 0.0562. The maximum Gasteiger partial charge on any atom is 0.264 e. The van der Waals surface area contributed by atoms with Crippen LogP contribution in [0.1, 0.15) is 28.8 Å². The lowest BCUT2D eigenvalue weighted by molar-refractivity contribution is -0.128. The highest BCUT2D eigenvalue weighted by molar-refractivity contribution is 7.89. The number of likely N-dealkylation sites (tertiary alicyclic amines) is 1. The van der Waals surface area contributed by atoms with Crippen molar-refractivity contribution in [2.24, 2.45) is 0 Å². The largest absolute Gasteiger partial charge is 0.338 e. The monoisotopic (exact) mass is 417 g/mol. The third-order valence-corrected chi connectivity index (χ3v) is 6.46. The Kier molecular flexibility index (Phi) is 6.31. The average molecular weight is 417 g/mol. The molecule has 29 heavy (non-hydrogen) atoms. The first-order valence-electron chi connectivity index (χ1n) is 9.12. The Balaban J connectivity index is 1.63. The molecule has 9 heteroatoms. The maximum absolute atomic E-state index is 12.4. The third-order valence-electron chi connectivity index (χ3n) is 4.77. The van der Waals surface area contributed by atoms with Crippen LogP contribution in [-0.2, 0) is 26.2 Å². The van der Waals surface area contributed by atoms with Gasteiger partial charge in [-0.15, -0.1) is 0 Å². The van der Waals surface area contributed by atoms with Gasteiger partial charge in [0.25, 0.3) is 15.9 Å². The van der Waals surface area contributed by atoms with Crippen molar-refractivity contribution in [2.75, 3.05) is 26.0 Å². The van der Waals surface area contributed by atoms with E-state index >= 15 is 0 Å². The van der Waals surface area contributed by atoms with E-state index in [1.807, 2.05) is 17.0 Å². The van der Waals surface area contributed by atoms with E-state index in [0.717, 1.165) is 23.0 Å². The summed E-state index contributed by atoms with van der Waals surface area (Å²) in [4.78, 5) is 30.7. The van der Waals surface area contributed by atoms with Gasteiger partial charge in [0.15, 0.2) is 0 Å². The Morgan fingerprint density at radius 1 is 1.14 bits per heavy atom. The van der Waals surface area contributed by atoms with Crippen molar-refractivity contribution in [2.45, 2.75) is 24.3 Å². The molecule has 0 bridgehead atoms. The molecule has 1 N–H and O–H groups in total. The summed E-state index contributed by atoms with van der Waals surface area (Å²) in [6, 6.07) is 12.9. The maximum atomic E-state index is 12.4. The van der Waals surface area contributed by atoms with E-state index in [4.69, 9.17) is 4.84 Å². The second-order valence-electron chi connectivity index (χ2n) is 6.69. The lowest BCUT2D eigenvalue weighted by atomic mass is 10.1. The molecule has 1 aliphatic rings. The van der Waals surface area contributed by atoms with Crippen LogP contribution in [0.25, 0.3) is 0 Å². The number of nitrogens with zero attached hydrogens (tertiary/aromatic N) is 2. The molecule has 0 atom stereocenters. The van der Waals surface area contributed by atoms with Crippen molar-refractivity contribution in [3.8, 4) is 0 Å². The van der Waals surface area contributed by atoms with Crippen LogP contribution in [0.15, 0.2) is 53.4 Å². The van der Waals surface area contributed by atoms with Gasteiger partial charge >= 0.3 is 0 Å². The second-order valence-corrected chi connectivity index (χ2v) is 8.63. The Bertz CT molecular complexity index is 988. The molecule has 0 aromatic heterocycles. The van der Waals surface area contributed by atoms with Crippen molar-refractivity contribution in [3.63, 3.8) is 0 Å². The molecule has 0 spiro atoms. The smallest absolute Gasteiger partial charge is 0.264 e. The second kappa shape index (κ2) is 8.73. The van der Waals surface area contributed by atoms with Crippen LogP contribution in [0, 0.1) is 0 Å². The van der Waals surface area contributed by atoms with Crippen molar-refractivity contribution in [1.82, 2.24) is 9.37 Å². The van der Waals surface area contributed by atoms with Gasteiger partial charge in [-0.05, 0) is 48.4 Å². The molecule has 0 aliphatic carbocycles. The SMILES string of the molecule is CON(C)S(=O)(=O)c1ccc(NC(=O)c2ccc(CN3CCCC3=O)cc2)cc1. The van der Waals surface area contributed by atoms with Gasteiger partial charge in [0, 0.05) is 37.8 Å². The molecule has 1 aliphatic heterocycles. The number of nitrogens with one attached hydrogen (secondary N) is 1. The van der Waals surface area contributed by atoms with Crippen LogP contribution < -0.4 is 5.32 Å². The Hall–Kier alpha value is -2.75. The Morgan fingerprint density at radius 3 is 2.34 bits per heavy atom. The van der Waals surface area contributed by atoms with Crippen LogP contribution in [0.2, 0.25) is 0 Å². The first kappa shape index (κ1) is 21.0. The molecule has 8 nitrogen and oxygen atoms in total. The van der Waals surface area contributed by atoms with Crippen LogP contribution in [-0.4, -0.2) is 50.3 Å². The zero-order chi connectivity index (χ0) is 21.0. The zero-order valence-corrected chi connectivity index (χ0v) is 17.1. The van der Waals surface area contributed by atoms with Crippen LogP contribution in [0.3, 0.4) is 0 Å². The van der Waals surface area contributed by atoms with Crippen molar-refractivity contribution in [3.05, 3.63) is 59.7 Å². The third kappa shape index (κ3) is 4.81. The van der Waals surface area contributed by atoms with E-state index in [2.05, 4.69) is 5.32 Å². The van der Waals surface area contributed by atoms with Gasteiger partial charge in [-0.25, -0.2) is 8.42 Å². The summed E-state index contributed by atoms with van der Waals surface area (Å²) in [5.74, 6) is -0.146. The fraction of sp³-hybridized carbons (Fsp3) is 0.300. The number of benzene rings is 2.